The molecule has 1 aromatic carbocycles. The predicted octanol–water partition coefficient (Wildman–Crippen LogP) is 0.694. The first-order chi connectivity index (χ1) is 11.9. The van der Waals surface area contributed by atoms with Crippen molar-refractivity contribution >= 4 is 26.8 Å². The fourth-order valence-corrected chi connectivity index (χ4v) is 4.52. The summed E-state index contributed by atoms with van der Waals surface area (Å²) in [5.41, 5.74) is 0.397. The minimum absolute atomic E-state index is 0.0137. The lowest BCUT2D eigenvalue weighted by atomic mass is 10.1. The normalized spacial score (nSPS) is 15.6. The molecule has 1 N–H and O–H groups in total. The van der Waals surface area contributed by atoms with Crippen LogP contribution in [0.4, 0.5) is 0 Å². The van der Waals surface area contributed by atoms with Crippen LogP contribution in [0.15, 0.2) is 35.3 Å². The molecule has 134 valence electrons. The summed E-state index contributed by atoms with van der Waals surface area (Å²) in [6, 6.07) is 7.05. The van der Waals surface area contributed by atoms with Crippen LogP contribution in [0.25, 0.3) is 10.9 Å². The minimum atomic E-state index is -3.36. The van der Waals surface area contributed by atoms with Gasteiger partial charge in [0.15, 0.2) is 0 Å². The summed E-state index contributed by atoms with van der Waals surface area (Å²) in [5, 5.41) is 3.01. The number of nitrogens with one attached hydrogen (secondary N) is 1. The van der Waals surface area contributed by atoms with Crippen molar-refractivity contribution in [3.63, 3.8) is 0 Å². The molecule has 0 saturated carbocycles. The monoisotopic (exact) mass is 363 g/mol. The molecule has 3 rings (SSSR count). The highest BCUT2D eigenvalue weighted by atomic mass is 32.2. The van der Waals surface area contributed by atoms with Gasteiger partial charge < -0.3 is 9.88 Å². The largest absolute Gasteiger partial charge is 0.351 e. The van der Waals surface area contributed by atoms with E-state index in [2.05, 4.69) is 5.32 Å². The van der Waals surface area contributed by atoms with Crippen molar-refractivity contribution in [1.29, 1.82) is 0 Å². The van der Waals surface area contributed by atoms with Crippen molar-refractivity contribution in [3.8, 4) is 0 Å². The van der Waals surface area contributed by atoms with E-state index in [0.717, 1.165) is 18.4 Å². The standard InChI is InChI=1S/C17H21N3O4S/c1-19-12-14(16(21)13-6-2-3-7-15(13)19)17(22)18-8-11-25(23,24)20-9-4-5-10-20/h2-3,6-7,12H,4-5,8-11H2,1H3,(H,18,22). The summed E-state index contributed by atoms with van der Waals surface area (Å²) < 4.78 is 27.5. The van der Waals surface area contributed by atoms with Crippen molar-refractivity contribution < 1.29 is 13.2 Å². The quantitative estimate of drug-likeness (QED) is 0.847. The Morgan fingerprint density at radius 2 is 1.88 bits per heavy atom. The van der Waals surface area contributed by atoms with E-state index in [1.165, 1.54) is 10.5 Å². The summed E-state index contributed by atoms with van der Waals surface area (Å²) in [6.45, 7) is 1.07. The second-order valence-electron chi connectivity index (χ2n) is 6.18. The van der Waals surface area contributed by atoms with Gasteiger partial charge in [-0.25, -0.2) is 12.7 Å². The first-order valence-electron chi connectivity index (χ1n) is 8.24. The summed E-state index contributed by atoms with van der Waals surface area (Å²) in [4.78, 5) is 24.8. The Morgan fingerprint density at radius 1 is 1.20 bits per heavy atom. The van der Waals surface area contributed by atoms with Gasteiger partial charge in [-0.3, -0.25) is 9.59 Å². The van der Waals surface area contributed by atoms with Gasteiger partial charge in [-0.15, -0.1) is 0 Å². The number of carbonyl (C=O) groups is 1. The van der Waals surface area contributed by atoms with Crippen LogP contribution >= 0.6 is 0 Å². The van der Waals surface area contributed by atoms with Gasteiger partial charge in [0, 0.05) is 38.3 Å². The number of fused-ring (bicyclic) bond motifs is 1. The van der Waals surface area contributed by atoms with Gasteiger partial charge in [-0.1, -0.05) is 12.1 Å². The highest BCUT2D eigenvalue weighted by molar-refractivity contribution is 7.89. The van der Waals surface area contributed by atoms with Crippen molar-refractivity contribution in [2.75, 3.05) is 25.4 Å². The van der Waals surface area contributed by atoms with Crippen molar-refractivity contribution in [1.82, 2.24) is 14.2 Å². The van der Waals surface area contributed by atoms with Gasteiger partial charge in [0.05, 0.1) is 11.3 Å². The zero-order valence-corrected chi connectivity index (χ0v) is 14.9. The number of hydrogen-bond acceptors (Lipinski definition) is 4. The molecule has 0 bridgehead atoms. The van der Waals surface area contributed by atoms with Crippen LogP contribution in [-0.2, 0) is 17.1 Å². The van der Waals surface area contributed by atoms with Crippen LogP contribution in [0.5, 0.6) is 0 Å². The Kier molecular flexibility index (Phi) is 4.91. The van der Waals surface area contributed by atoms with Gasteiger partial charge in [-0.05, 0) is 25.0 Å². The third-order valence-electron chi connectivity index (χ3n) is 4.44. The van der Waals surface area contributed by atoms with Crippen LogP contribution in [0.1, 0.15) is 23.2 Å². The smallest absolute Gasteiger partial charge is 0.256 e. The van der Waals surface area contributed by atoms with Crippen molar-refractivity contribution in [2.45, 2.75) is 12.8 Å². The molecule has 0 radical (unpaired) electrons. The van der Waals surface area contributed by atoms with Crippen molar-refractivity contribution in [3.05, 3.63) is 46.2 Å². The number of rotatable bonds is 5. The number of benzene rings is 1. The molecule has 0 unspecified atom stereocenters. The average molecular weight is 363 g/mol. The zero-order chi connectivity index (χ0) is 18.0. The Balaban J connectivity index is 1.73. The first kappa shape index (κ1) is 17.6. The van der Waals surface area contributed by atoms with E-state index in [-0.39, 0.29) is 23.3 Å². The van der Waals surface area contributed by atoms with E-state index in [4.69, 9.17) is 0 Å². The average Bonchev–Trinajstić information content (AvgIpc) is 3.13. The molecule has 0 spiro atoms. The number of carbonyl (C=O) groups excluding carboxylic acids is 1. The van der Waals surface area contributed by atoms with Crippen molar-refractivity contribution in [2.24, 2.45) is 7.05 Å². The van der Waals surface area contributed by atoms with E-state index in [1.807, 2.05) is 6.07 Å². The van der Waals surface area contributed by atoms with Crippen LogP contribution < -0.4 is 10.7 Å². The predicted molar refractivity (Wildman–Crippen MR) is 96.1 cm³/mol. The van der Waals surface area contributed by atoms with E-state index in [0.29, 0.717) is 18.5 Å². The third kappa shape index (κ3) is 3.59. The van der Waals surface area contributed by atoms with Crippen LogP contribution in [0, 0.1) is 0 Å². The number of aryl methyl sites for hydroxylation is 1. The Labute approximate surface area is 146 Å². The molecule has 25 heavy (non-hydrogen) atoms. The molecule has 1 aliphatic heterocycles. The number of pyridine rings is 1. The maximum absolute atomic E-state index is 12.5. The van der Waals surface area contributed by atoms with Gasteiger partial charge >= 0.3 is 0 Å². The van der Waals surface area contributed by atoms with Crippen LogP contribution in [-0.4, -0.2) is 48.6 Å². The Hall–Kier alpha value is -2.19. The number of para-hydroxylation sites is 1. The number of hydrogen-bond donors (Lipinski definition) is 1. The molecule has 2 heterocycles. The van der Waals surface area contributed by atoms with Gasteiger partial charge in [0.25, 0.3) is 5.91 Å². The summed E-state index contributed by atoms with van der Waals surface area (Å²) >= 11 is 0. The van der Waals surface area contributed by atoms with E-state index >= 15 is 0 Å². The van der Waals surface area contributed by atoms with E-state index in [9.17, 15) is 18.0 Å². The highest BCUT2D eigenvalue weighted by Crippen LogP contribution is 2.13. The Bertz CT molecular complexity index is 960. The lowest BCUT2D eigenvalue weighted by molar-refractivity contribution is 0.0954. The first-order valence-corrected chi connectivity index (χ1v) is 9.85. The van der Waals surface area contributed by atoms with Gasteiger partial charge in [-0.2, -0.15) is 0 Å². The number of sulfonamides is 1. The zero-order valence-electron chi connectivity index (χ0n) is 14.1. The third-order valence-corrected chi connectivity index (χ3v) is 6.32. The lowest BCUT2D eigenvalue weighted by Crippen LogP contribution is -2.37. The van der Waals surface area contributed by atoms with Gasteiger partial charge in [0.1, 0.15) is 5.56 Å². The fraction of sp³-hybridized carbons (Fsp3) is 0.412. The van der Waals surface area contributed by atoms with E-state index in [1.54, 1.807) is 29.8 Å². The molecule has 0 atom stereocenters. The fourth-order valence-electron chi connectivity index (χ4n) is 3.09. The molecule has 8 heteroatoms. The summed E-state index contributed by atoms with van der Waals surface area (Å²) in [5.74, 6) is -0.713. The van der Waals surface area contributed by atoms with E-state index < -0.39 is 15.9 Å². The second-order valence-corrected chi connectivity index (χ2v) is 8.27. The van der Waals surface area contributed by atoms with Crippen LogP contribution in [0.2, 0.25) is 0 Å². The molecule has 1 fully saturated rings. The molecule has 2 aromatic rings. The number of nitrogens with zero attached hydrogens (tertiary/aromatic N) is 2. The highest BCUT2D eigenvalue weighted by Gasteiger charge is 2.25. The SMILES string of the molecule is Cn1cc(C(=O)NCCS(=O)(=O)N2CCCC2)c(=O)c2ccccc21. The van der Waals surface area contributed by atoms with Crippen LogP contribution in [0.3, 0.4) is 0 Å². The maximum atomic E-state index is 12.5. The molecular formula is C17H21N3O4S. The Morgan fingerprint density at radius 3 is 2.60 bits per heavy atom. The molecule has 0 aliphatic carbocycles. The molecule has 1 aliphatic rings. The lowest BCUT2D eigenvalue weighted by Gasteiger charge is -2.15. The van der Waals surface area contributed by atoms with Gasteiger partial charge in [0.2, 0.25) is 15.5 Å². The molecule has 7 nitrogen and oxygen atoms in total. The molecule has 1 aromatic heterocycles. The number of aromatic nitrogens is 1. The molecular weight excluding hydrogens is 342 g/mol. The summed E-state index contributed by atoms with van der Waals surface area (Å²) in [7, 11) is -1.60. The molecule has 1 saturated heterocycles. The minimum Gasteiger partial charge on any atom is -0.351 e. The summed E-state index contributed by atoms with van der Waals surface area (Å²) in [6.07, 6.45) is 3.23. The topological polar surface area (TPSA) is 88.5 Å². The number of amides is 1. The maximum Gasteiger partial charge on any atom is 0.256 e. The molecule has 1 amide bonds. The second kappa shape index (κ2) is 6.97.